The summed E-state index contributed by atoms with van der Waals surface area (Å²) in [5, 5.41) is 0. The van der Waals surface area contributed by atoms with Gasteiger partial charge in [-0.25, -0.2) is 0 Å². The van der Waals surface area contributed by atoms with E-state index >= 15 is 0 Å². The quantitative estimate of drug-likeness (QED) is 0.913. The predicted molar refractivity (Wildman–Crippen MR) is 91.7 cm³/mol. The second-order valence-electron chi connectivity index (χ2n) is 5.88. The van der Waals surface area contributed by atoms with Crippen molar-refractivity contribution in [1.29, 1.82) is 0 Å². The molecule has 3 rings (SSSR count). The molecule has 0 bridgehead atoms. The van der Waals surface area contributed by atoms with Gasteiger partial charge in [0.25, 0.3) is 0 Å². The van der Waals surface area contributed by atoms with Gasteiger partial charge < -0.3 is 5.73 Å². The SMILES string of the molecule is Cc1cc(Br)cc2c1CN(Cc1ccc(C(N)=O)cc1)CC2. The lowest BCUT2D eigenvalue weighted by atomic mass is 9.95. The smallest absolute Gasteiger partial charge is 0.248 e. The fraction of sp³-hybridized carbons (Fsp3) is 0.278. The summed E-state index contributed by atoms with van der Waals surface area (Å²) in [5.74, 6) is -0.375. The maximum absolute atomic E-state index is 11.1. The van der Waals surface area contributed by atoms with Crippen LogP contribution in [-0.4, -0.2) is 17.4 Å². The van der Waals surface area contributed by atoms with Gasteiger partial charge in [-0.05, 0) is 59.9 Å². The number of hydrogen-bond donors (Lipinski definition) is 1. The van der Waals surface area contributed by atoms with E-state index in [9.17, 15) is 4.79 Å². The molecule has 22 heavy (non-hydrogen) atoms. The van der Waals surface area contributed by atoms with Gasteiger partial charge in [-0.2, -0.15) is 0 Å². The molecule has 1 heterocycles. The van der Waals surface area contributed by atoms with Crippen LogP contribution < -0.4 is 5.73 Å². The summed E-state index contributed by atoms with van der Waals surface area (Å²) in [4.78, 5) is 13.6. The summed E-state index contributed by atoms with van der Waals surface area (Å²) in [6, 6.07) is 12.0. The minimum atomic E-state index is -0.375. The average Bonchev–Trinajstić information content (AvgIpc) is 2.48. The fourth-order valence-corrected chi connectivity index (χ4v) is 3.66. The number of halogens is 1. The van der Waals surface area contributed by atoms with Crippen molar-refractivity contribution in [3.8, 4) is 0 Å². The molecule has 1 aliphatic heterocycles. The Morgan fingerprint density at radius 2 is 2.00 bits per heavy atom. The van der Waals surface area contributed by atoms with Gasteiger partial charge in [-0.3, -0.25) is 9.69 Å². The van der Waals surface area contributed by atoms with Gasteiger partial charge in [-0.15, -0.1) is 0 Å². The molecule has 0 radical (unpaired) electrons. The molecule has 2 N–H and O–H groups in total. The summed E-state index contributed by atoms with van der Waals surface area (Å²) in [5.41, 5.74) is 11.3. The standard InChI is InChI=1S/C18H19BrN2O/c1-12-8-16(19)9-15-6-7-21(11-17(12)15)10-13-2-4-14(5-3-13)18(20)22/h2-5,8-9H,6-7,10-11H2,1H3,(H2,20,22). The Labute approximate surface area is 139 Å². The van der Waals surface area contributed by atoms with Crippen LogP contribution in [0, 0.1) is 6.92 Å². The van der Waals surface area contributed by atoms with Crippen LogP contribution >= 0.6 is 15.9 Å². The van der Waals surface area contributed by atoms with E-state index in [1.54, 1.807) is 12.1 Å². The Kier molecular flexibility index (Phi) is 4.32. The predicted octanol–water partition coefficient (Wildman–Crippen LogP) is 3.41. The third-order valence-corrected chi connectivity index (χ3v) is 4.71. The zero-order valence-corrected chi connectivity index (χ0v) is 14.2. The van der Waals surface area contributed by atoms with Crippen molar-refractivity contribution in [1.82, 2.24) is 4.90 Å². The third-order valence-electron chi connectivity index (χ3n) is 4.25. The van der Waals surface area contributed by atoms with Crippen LogP contribution in [-0.2, 0) is 19.5 Å². The number of nitrogens with two attached hydrogens (primary N) is 1. The van der Waals surface area contributed by atoms with Gasteiger partial charge >= 0.3 is 0 Å². The van der Waals surface area contributed by atoms with Crippen LogP contribution in [0.25, 0.3) is 0 Å². The first-order chi connectivity index (χ1) is 10.5. The zero-order chi connectivity index (χ0) is 15.7. The molecule has 2 aromatic rings. The molecule has 0 spiro atoms. The average molecular weight is 359 g/mol. The van der Waals surface area contributed by atoms with Crippen LogP contribution in [0.2, 0.25) is 0 Å². The number of nitrogens with zero attached hydrogens (tertiary/aromatic N) is 1. The van der Waals surface area contributed by atoms with Gasteiger partial charge in [0, 0.05) is 29.7 Å². The fourth-order valence-electron chi connectivity index (χ4n) is 3.04. The topological polar surface area (TPSA) is 46.3 Å². The van der Waals surface area contributed by atoms with Gasteiger partial charge in [0.1, 0.15) is 0 Å². The number of rotatable bonds is 3. The molecule has 2 aromatic carbocycles. The first kappa shape index (κ1) is 15.3. The third kappa shape index (κ3) is 3.23. The van der Waals surface area contributed by atoms with Gasteiger partial charge in [0.05, 0.1) is 0 Å². The Bertz CT molecular complexity index is 710. The van der Waals surface area contributed by atoms with E-state index < -0.39 is 0 Å². The summed E-state index contributed by atoms with van der Waals surface area (Å²) in [6.45, 7) is 5.11. The molecule has 1 amide bonds. The number of carbonyl (C=O) groups excluding carboxylic acids is 1. The zero-order valence-electron chi connectivity index (χ0n) is 12.6. The summed E-state index contributed by atoms with van der Waals surface area (Å²) in [7, 11) is 0. The van der Waals surface area contributed by atoms with Crippen molar-refractivity contribution in [3.63, 3.8) is 0 Å². The number of hydrogen-bond acceptors (Lipinski definition) is 2. The maximum atomic E-state index is 11.1. The summed E-state index contributed by atoms with van der Waals surface area (Å²) >= 11 is 3.58. The van der Waals surface area contributed by atoms with Crippen molar-refractivity contribution in [2.75, 3.05) is 6.54 Å². The molecule has 0 atom stereocenters. The van der Waals surface area contributed by atoms with Crippen LogP contribution in [0.15, 0.2) is 40.9 Å². The maximum Gasteiger partial charge on any atom is 0.248 e. The Balaban J connectivity index is 1.73. The van der Waals surface area contributed by atoms with Gasteiger partial charge in [0.2, 0.25) is 5.91 Å². The molecule has 114 valence electrons. The number of primary amides is 1. The Morgan fingerprint density at radius 3 is 2.68 bits per heavy atom. The van der Waals surface area contributed by atoms with Crippen molar-refractivity contribution < 1.29 is 4.79 Å². The molecule has 4 heteroatoms. The molecule has 0 saturated carbocycles. The van der Waals surface area contributed by atoms with E-state index in [1.165, 1.54) is 26.7 Å². The van der Waals surface area contributed by atoms with E-state index in [0.717, 1.165) is 26.1 Å². The van der Waals surface area contributed by atoms with E-state index in [-0.39, 0.29) is 5.91 Å². The molecule has 3 nitrogen and oxygen atoms in total. The highest BCUT2D eigenvalue weighted by Gasteiger charge is 2.18. The second-order valence-corrected chi connectivity index (χ2v) is 6.80. The molecular weight excluding hydrogens is 340 g/mol. The van der Waals surface area contributed by atoms with E-state index in [2.05, 4.69) is 39.9 Å². The largest absolute Gasteiger partial charge is 0.366 e. The number of benzene rings is 2. The van der Waals surface area contributed by atoms with Crippen molar-refractivity contribution in [2.45, 2.75) is 26.4 Å². The Morgan fingerprint density at radius 1 is 1.27 bits per heavy atom. The van der Waals surface area contributed by atoms with Crippen molar-refractivity contribution in [2.24, 2.45) is 5.73 Å². The normalized spacial score (nSPS) is 14.6. The highest BCUT2D eigenvalue weighted by Crippen LogP contribution is 2.27. The van der Waals surface area contributed by atoms with Crippen LogP contribution in [0.1, 0.15) is 32.6 Å². The lowest BCUT2D eigenvalue weighted by Crippen LogP contribution is -2.30. The molecule has 0 saturated heterocycles. The van der Waals surface area contributed by atoms with E-state index in [0.29, 0.717) is 5.56 Å². The Hall–Kier alpha value is -1.65. The molecule has 0 fully saturated rings. The van der Waals surface area contributed by atoms with E-state index in [1.807, 2.05) is 12.1 Å². The second kappa shape index (κ2) is 6.23. The number of aryl methyl sites for hydroxylation is 1. The number of amides is 1. The van der Waals surface area contributed by atoms with Crippen molar-refractivity contribution in [3.05, 3.63) is 68.7 Å². The van der Waals surface area contributed by atoms with Crippen LogP contribution in [0.3, 0.4) is 0 Å². The lowest BCUT2D eigenvalue weighted by Gasteiger charge is -2.30. The first-order valence-corrected chi connectivity index (χ1v) is 8.21. The summed E-state index contributed by atoms with van der Waals surface area (Å²) < 4.78 is 1.17. The minimum absolute atomic E-state index is 0.375. The van der Waals surface area contributed by atoms with Crippen molar-refractivity contribution >= 4 is 21.8 Å². The number of fused-ring (bicyclic) bond motifs is 1. The molecule has 0 aromatic heterocycles. The molecule has 0 aliphatic carbocycles. The van der Waals surface area contributed by atoms with Crippen LogP contribution in [0.4, 0.5) is 0 Å². The lowest BCUT2D eigenvalue weighted by molar-refractivity contribution is 0.100. The van der Waals surface area contributed by atoms with Crippen LogP contribution in [0.5, 0.6) is 0 Å². The number of carbonyl (C=O) groups is 1. The van der Waals surface area contributed by atoms with E-state index in [4.69, 9.17) is 5.73 Å². The highest BCUT2D eigenvalue weighted by molar-refractivity contribution is 9.10. The molecule has 0 unspecified atom stereocenters. The monoisotopic (exact) mass is 358 g/mol. The highest BCUT2D eigenvalue weighted by atomic mass is 79.9. The van der Waals surface area contributed by atoms with Gasteiger partial charge in [0.15, 0.2) is 0 Å². The molecular formula is C18H19BrN2O. The first-order valence-electron chi connectivity index (χ1n) is 7.42. The summed E-state index contributed by atoms with van der Waals surface area (Å²) in [6.07, 6.45) is 1.08. The van der Waals surface area contributed by atoms with Gasteiger partial charge in [-0.1, -0.05) is 28.1 Å². The minimum Gasteiger partial charge on any atom is -0.366 e. The molecule has 1 aliphatic rings.